The third-order valence-electron chi connectivity index (χ3n) is 11.2. The van der Waals surface area contributed by atoms with Crippen LogP contribution in [0.2, 0.25) is 0 Å². The molecular formula is C50H68N6O18P2S2+2. The maximum atomic E-state index is 12.8. The van der Waals surface area contributed by atoms with Crippen molar-refractivity contribution in [1.29, 1.82) is 0 Å². The van der Waals surface area contributed by atoms with Gasteiger partial charge in [0.15, 0.2) is 12.2 Å². The highest BCUT2D eigenvalue weighted by Crippen LogP contribution is 2.31. The Kier molecular flexibility index (Phi) is 31.9. The fourth-order valence-corrected chi connectivity index (χ4v) is 11.0. The molecule has 0 aliphatic carbocycles. The van der Waals surface area contributed by atoms with Crippen molar-refractivity contribution < 1.29 is 61.4 Å². The van der Waals surface area contributed by atoms with Gasteiger partial charge >= 0.3 is 28.7 Å². The Hall–Kier alpha value is -5.60. The van der Waals surface area contributed by atoms with Crippen LogP contribution in [0.15, 0.2) is 119 Å². The van der Waals surface area contributed by atoms with E-state index in [2.05, 4.69) is 28.8 Å². The Morgan fingerprint density at radius 3 is 1.35 bits per heavy atom. The molecule has 2 aliphatic heterocycles. The van der Waals surface area contributed by atoms with Gasteiger partial charge in [-0.25, -0.2) is 18.2 Å². The SMILES string of the molecule is CC(C)CN(C[C@@H](O[P+](=O)O)[C@H](Cc1ccccc1)NC(=O)O[C@H]1CCOC1)Sc1ccc(N)cc1.CC(C)CN(C[C@@H](O[P+](=O)O)[C@H](Cc1ccccc1)NC(=O)O[C@H]1CCOC1)Sc1ccc([N+](=O)[O-])cc1.O=O.O=O. The van der Waals surface area contributed by atoms with E-state index in [9.17, 15) is 38.6 Å². The average Bonchev–Trinajstić information content (AvgIpc) is 4.14. The van der Waals surface area contributed by atoms with Gasteiger partial charge in [0.2, 0.25) is 0 Å². The molecule has 2 saturated heterocycles. The molecule has 0 radical (unpaired) electrons. The van der Waals surface area contributed by atoms with Crippen molar-refractivity contribution in [3.63, 3.8) is 0 Å². The van der Waals surface area contributed by atoms with E-state index in [1.165, 1.54) is 36.0 Å². The number of nitrogens with two attached hydrogens (primary N) is 1. The van der Waals surface area contributed by atoms with Crippen LogP contribution in [0.4, 0.5) is 21.0 Å². The predicted octanol–water partition coefficient (Wildman–Crippen LogP) is 9.25. The molecule has 2 unspecified atom stereocenters. The summed E-state index contributed by atoms with van der Waals surface area (Å²) in [6.45, 7) is 11.8. The molecule has 426 valence electrons. The zero-order valence-corrected chi connectivity index (χ0v) is 47.0. The number of carbonyl (C=O) groups excluding carboxylic acids is 2. The minimum Gasteiger partial charge on any atom is -0.444 e. The Bertz CT molecular complexity index is 2380. The van der Waals surface area contributed by atoms with Crippen molar-refractivity contribution in [1.82, 2.24) is 19.2 Å². The molecule has 78 heavy (non-hydrogen) atoms. The van der Waals surface area contributed by atoms with Crippen LogP contribution >= 0.6 is 40.4 Å². The molecule has 8 atom stereocenters. The average molecular weight is 1170 g/mol. The Morgan fingerprint density at radius 1 is 0.654 bits per heavy atom. The summed E-state index contributed by atoms with van der Waals surface area (Å²) in [4.78, 5) is 85.3. The van der Waals surface area contributed by atoms with E-state index in [0.717, 1.165) is 20.9 Å². The number of nitro groups is 1. The first-order valence-corrected chi connectivity index (χ1v) is 28.4. The summed E-state index contributed by atoms with van der Waals surface area (Å²) in [5, 5.41) is 16.8. The van der Waals surface area contributed by atoms with E-state index in [-0.39, 0.29) is 30.4 Å². The van der Waals surface area contributed by atoms with Gasteiger partial charge in [-0.3, -0.25) is 10.1 Å². The number of carbonyl (C=O) groups is 2. The second-order valence-electron chi connectivity index (χ2n) is 18.4. The van der Waals surface area contributed by atoms with Crippen LogP contribution in [0.5, 0.6) is 0 Å². The first-order chi connectivity index (χ1) is 37.5. The monoisotopic (exact) mass is 1170 g/mol. The van der Waals surface area contributed by atoms with Gasteiger partial charge in [0, 0.05) is 95.6 Å². The van der Waals surface area contributed by atoms with Gasteiger partial charge in [-0.15, -0.1) is 18.8 Å². The third-order valence-corrected chi connectivity index (χ3v) is 14.2. The molecule has 0 bridgehead atoms. The Balaban J connectivity index is 0.000000386. The van der Waals surface area contributed by atoms with Crippen molar-refractivity contribution in [3.8, 4) is 0 Å². The van der Waals surface area contributed by atoms with Crippen molar-refractivity contribution in [2.24, 2.45) is 11.8 Å². The van der Waals surface area contributed by atoms with E-state index in [4.69, 9.17) is 53.6 Å². The lowest BCUT2D eigenvalue weighted by Gasteiger charge is -2.30. The molecule has 24 nitrogen and oxygen atoms in total. The first kappa shape index (κ1) is 66.7. The standard InChI is InChI=1S/C25H32N3O8PS.C25H34N3O6PS.2O2/c1-18(2)15-27(38-22-10-8-20(9-11-22)28(30)31)16-24(36-37(32)33)23(14-19-6-4-3-5-7-19)26-25(29)35-21-12-13-34-17-21;1-18(2)15-28(36-22-10-8-20(26)9-11-22)16-24(34-35(30)31)23(14-19-6-4-3-5-7-19)27-25(29)33-21-12-13-32-17-21;2*1-2/h3-11,18,21,23-24H,12-17H2,1-2H3,(H-,26,29,32,33);3-11,18,21,23-24H,12-17,26H2,1-2H3,(H-,27,29,30,31);;/p+2/t2*21-,23-,24+;;/m00../s1. The summed E-state index contributed by atoms with van der Waals surface area (Å²) < 4.78 is 60.3. The number of amides is 2. The number of nitrogen functional groups attached to an aromatic ring is 1. The van der Waals surface area contributed by atoms with E-state index >= 15 is 0 Å². The van der Waals surface area contributed by atoms with Gasteiger partial charge in [-0.1, -0.05) is 88.4 Å². The van der Waals surface area contributed by atoms with Crippen LogP contribution < -0.4 is 16.4 Å². The molecule has 6 rings (SSSR count). The van der Waals surface area contributed by atoms with E-state index in [1.807, 2.05) is 103 Å². The number of alkyl carbamates (subject to hydrolysis) is 2. The van der Waals surface area contributed by atoms with Crippen molar-refractivity contribution in [2.45, 2.75) is 99.7 Å². The van der Waals surface area contributed by atoms with Gasteiger partial charge < -0.3 is 35.3 Å². The lowest BCUT2D eigenvalue weighted by molar-refractivity contribution is -0.384. The van der Waals surface area contributed by atoms with Crippen LogP contribution in [0.3, 0.4) is 0 Å². The molecule has 2 aliphatic rings. The number of nitro benzene ring substituents is 1. The van der Waals surface area contributed by atoms with E-state index in [0.29, 0.717) is 83.4 Å². The largest absolute Gasteiger partial charge is 0.695 e. The maximum absolute atomic E-state index is 12.8. The number of benzene rings is 4. The van der Waals surface area contributed by atoms with Gasteiger partial charge in [0.25, 0.3) is 5.69 Å². The molecule has 2 amide bonds. The highest BCUT2D eigenvalue weighted by Gasteiger charge is 2.37. The summed E-state index contributed by atoms with van der Waals surface area (Å²) >= 11 is 2.87. The van der Waals surface area contributed by atoms with Gasteiger partial charge in [-0.2, -0.15) is 0 Å². The first-order valence-electron chi connectivity index (χ1n) is 24.6. The van der Waals surface area contributed by atoms with Crippen LogP contribution in [-0.2, 0) is 50.0 Å². The normalized spacial score (nSPS) is 16.7. The number of hydrogen-bond donors (Lipinski definition) is 5. The molecule has 2 heterocycles. The predicted molar refractivity (Wildman–Crippen MR) is 297 cm³/mol. The van der Waals surface area contributed by atoms with Crippen LogP contribution in [0.1, 0.15) is 51.7 Å². The lowest BCUT2D eigenvalue weighted by Crippen LogP contribution is -2.50. The molecule has 6 N–H and O–H groups in total. The number of nitrogens with zero attached hydrogens (tertiary/aromatic N) is 3. The minimum absolute atomic E-state index is 0.0125. The van der Waals surface area contributed by atoms with Crippen LogP contribution in [-0.4, -0.2) is 125 Å². The van der Waals surface area contributed by atoms with Gasteiger partial charge in [-0.05, 0) is 96.1 Å². The highest BCUT2D eigenvalue weighted by atomic mass is 32.2. The second kappa shape index (κ2) is 37.3. The molecule has 0 aromatic heterocycles. The number of anilines is 1. The molecule has 28 heteroatoms. The van der Waals surface area contributed by atoms with E-state index < -0.39 is 57.9 Å². The van der Waals surface area contributed by atoms with Gasteiger partial charge in [0.1, 0.15) is 12.2 Å². The van der Waals surface area contributed by atoms with Crippen LogP contribution in [0.25, 0.3) is 0 Å². The zero-order chi connectivity index (χ0) is 57.4. The van der Waals surface area contributed by atoms with Gasteiger partial charge in [0.05, 0.1) is 43.4 Å². The number of nitrogens with one attached hydrogen (secondary N) is 2. The highest BCUT2D eigenvalue weighted by molar-refractivity contribution is 7.97. The maximum Gasteiger partial charge on any atom is 0.695 e. The fraction of sp³-hybridized carbons (Fsp3) is 0.480. The molecular weight excluding hydrogens is 1100 g/mol. The van der Waals surface area contributed by atoms with Crippen molar-refractivity contribution in [2.75, 3.05) is 58.3 Å². The summed E-state index contributed by atoms with van der Waals surface area (Å²) in [6.07, 6.45) is -1.60. The summed E-state index contributed by atoms with van der Waals surface area (Å²) in [6, 6.07) is 31.4. The molecule has 4 aromatic rings. The van der Waals surface area contributed by atoms with Crippen molar-refractivity contribution in [3.05, 3.63) is 150 Å². The number of non-ortho nitro benzene ring substituents is 1. The topological polar surface area (TPSA) is 332 Å². The second-order valence-corrected chi connectivity index (χ2v) is 22.1. The molecule has 0 saturated carbocycles. The quantitative estimate of drug-likeness (QED) is 0.0122. The van der Waals surface area contributed by atoms with E-state index in [1.54, 1.807) is 12.1 Å². The third kappa shape index (κ3) is 26.8. The summed E-state index contributed by atoms with van der Waals surface area (Å²) in [5.74, 6) is 0.555. The Morgan fingerprint density at radius 2 is 1.03 bits per heavy atom. The molecule has 2 fully saturated rings. The van der Waals surface area contributed by atoms with Crippen molar-refractivity contribution >= 4 is 64.0 Å². The Labute approximate surface area is 462 Å². The summed E-state index contributed by atoms with van der Waals surface area (Å²) in [5.41, 5.74) is 8.35. The lowest BCUT2D eigenvalue weighted by atomic mass is 10.0. The van der Waals surface area contributed by atoms with Crippen LogP contribution in [0, 0.1) is 41.8 Å². The summed E-state index contributed by atoms with van der Waals surface area (Å²) in [7, 11) is -5.89. The number of rotatable bonds is 27. The smallest absolute Gasteiger partial charge is 0.444 e. The minimum atomic E-state index is -2.98. The fourth-order valence-electron chi connectivity index (χ4n) is 7.84. The molecule has 4 aromatic carbocycles. The zero-order valence-electron chi connectivity index (χ0n) is 43.6. The number of ether oxygens (including phenoxy) is 4. The number of hydrogen-bond acceptors (Lipinski definition) is 21. The molecule has 0 spiro atoms.